The fourth-order valence-corrected chi connectivity index (χ4v) is 9.78. The van der Waals surface area contributed by atoms with Gasteiger partial charge in [0.15, 0.2) is 0 Å². The van der Waals surface area contributed by atoms with Crippen molar-refractivity contribution in [2.75, 3.05) is 40.9 Å². The minimum absolute atomic E-state index is 0.0275. The molecule has 0 aliphatic heterocycles. The van der Waals surface area contributed by atoms with Crippen molar-refractivity contribution in [3.05, 3.63) is 60.8 Å². The Bertz CT molecular complexity index is 1470. The van der Waals surface area contributed by atoms with Gasteiger partial charge in [-0.25, -0.2) is 0 Å². The Morgan fingerprint density at radius 2 is 0.853 bits per heavy atom. The van der Waals surface area contributed by atoms with E-state index in [2.05, 4.69) is 74.7 Å². The third kappa shape index (κ3) is 56.2. The SMILES string of the molecule is CC/C=C/C/C=C/C/C=C/CCCCCCC(=O)NC(COP(=O)([O-])OCC[N+](C)(C)C)C(/C=C\CCCCCCCCCCCC)OC(=O)CCCCCCCCCCCCCCC/C=C/CCCCCCCC. The molecule has 0 radical (unpaired) electrons. The maximum atomic E-state index is 13.5. The molecule has 0 aliphatic carbocycles. The Morgan fingerprint density at radius 3 is 1.29 bits per heavy atom. The number of nitrogens with zero attached hydrogens (tertiary/aromatic N) is 1. The monoisotopic (exact) mass is 1070 g/mol. The molecule has 0 aromatic heterocycles. The molecular weight excluding hydrogens is 952 g/mol. The van der Waals surface area contributed by atoms with Gasteiger partial charge in [-0.3, -0.25) is 14.2 Å². The molecule has 3 atom stereocenters. The Kier molecular flexibility index (Phi) is 53.4. The van der Waals surface area contributed by atoms with Crippen molar-refractivity contribution < 1.29 is 37.3 Å². The van der Waals surface area contributed by atoms with E-state index in [0.717, 1.165) is 83.5 Å². The molecule has 1 amide bonds. The zero-order chi connectivity index (χ0) is 55.0. The number of ether oxygens (including phenoxy) is 1. The molecule has 438 valence electrons. The van der Waals surface area contributed by atoms with Gasteiger partial charge in [0.2, 0.25) is 5.91 Å². The first-order valence-corrected chi connectivity index (χ1v) is 33.1. The molecule has 0 aromatic rings. The van der Waals surface area contributed by atoms with Crippen LogP contribution in [0.1, 0.15) is 290 Å². The number of hydrogen-bond donors (Lipinski definition) is 1. The first kappa shape index (κ1) is 72.7. The average Bonchev–Trinajstić information content (AvgIpc) is 3.37. The van der Waals surface area contributed by atoms with Gasteiger partial charge >= 0.3 is 5.97 Å². The fourth-order valence-electron chi connectivity index (χ4n) is 9.06. The van der Waals surface area contributed by atoms with Crippen LogP contribution < -0.4 is 10.2 Å². The van der Waals surface area contributed by atoms with Crippen molar-refractivity contribution in [1.29, 1.82) is 0 Å². The zero-order valence-electron chi connectivity index (χ0n) is 50.0. The highest BCUT2D eigenvalue weighted by Crippen LogP contribution is 2.38. The van der Waals surface area contributed by atoms with Crippen LogP contribution >= 0.6 is 7.82 Å². The standard InChI is InChI=1S/C65H121N2O7P/c1-7-10-13-16-19-22-25-28-30-31-32-33-34-35-36-37-38-40-43-46-49-52-55-58-65(69)74-63(56-53-50-47-44-41-27-24-21-18-15-12-9-3)62(61-73-75(70,71)72-60-59-67(4,5)6)66-64(68)57-54-51-48-45-42-39-29-26-23-20-17-14-11-8-2/h11,14,20,23,28-30,39,53,56,62-63H,7-10,12-13,15-19,21-22,24-27,31-38,40-52,54-55,57-61H2,1-6H3,(H-,66,68,70,71)/b14-11+,23-20+,30-28+,39-29+,56-53-. The van der Waals surface area contributed by atoms with Crippen molar-refractivity contribution in [3.8, 4) is 0 Å². The Labute approximate surface area is 464 Å². The van der Waals surface area contributed by atoms with Gasteiger partial charge < -0.3 is 28.5 Å². The molecule has 0 aromatic carbocycles. The molecule has 0 fully saturated rings. The van der Waals surface area contributed by atoms with E-state index in [-0.39, 0.29) is 24.9 Å². The van der Waals surface area contributed by atoms with Crippen LogP contribution in [0.5, 0.6) is 0 Å². The summed E-state index contributed by atoms with van der Waals surface area (Å²) < 4.78 is 30.3. The van der Waals surface area contributed by atoms with Gasteiger partial charge in [-0.05, 0) is 89.5 Å². The van der Waals surface area contributed by atoms with Crippen molar-refractivity contribution in [1.82, 2.24) is 5.32 Å². The van der Waals surface area contributed by atoms with Crippen LogP contribution in [0, 0.1) is 0 Å². The van der Waals surface area contributed by atoms with Gasteiger partial charge in [0.05, 0.1) is 33.8 Å². The van der Waals surface area contributed by atoms with Crippen LogP contribution in [-0.2, 0) is 27.9 Å². The number of unbranched alkanes of at least 4 members (excludes halogenated alkanes) is 33. The fraction of sp³-hybridized carbons (Fsp3) is 0.815. The summed E-state index contributed by atoms with van der Waals surface area (Å²) in [6.45, 7) is 6.72. The molecule has 75 heavy (non-hydrogen) atoms. The highest BCUT2D eigenvalue weighted by molar-refractivity contribution is 7.45. The number of phosphoric acid groups is 1. The molecule has 9 nitrogen and oxygen atoms in total. The maximum Gasteiger partial charge on any atom is 0.306 e. The number of carbonyl (C=O) groups excluding carboxylic acids is 2. The summed E-state index contributed by atoms with van der Waals surface area (Å²) in [6, 6.07) is -0.900. The summed E-state index contributed by atoms with van der Waals surface area (Å²) in [5, 5.41) is 3.01. The van der Waals surface area contributed by atoms with Gasteiger partial charge in [0.1, 0.15) is 19.3 Å². The maximum absolute atomic E-state index is 13.5. The first-order chi connectivity index (χ1) is 36.4. The van der Waals surface area contributed by atoms with Gasteiger partial charge in [0, 0.05) is 12.8 Å². The van der Waals surface area contributed by atoms with Crippen LogP contribution in [0.2, 0.25) is 0 Å². The number of hydrogen-bond acceptors (Lipinski definition) is 7. The molecule has 0 rings (SSSR count). The number of amides is 1. The lowest BCUT2D eigenvalue weighted by Gasteiger charge is -2.30. The van der Waals surface area contributed by atoms with Crippen molar-refractivity contribution in [3.63, 3.8) is 0 Å². The molecule has 0 spiro atoms. The Balaban J connectivity index is 5.16. The second kappa shape index (κ2) is 55.0. The largest absolute Gasteiger partial charge is 0.756 e. The van der Waals surface area contributed by atoms with Gasteiger partial charge in [-0.15, -0.1) is 0 Å². The second-order valence-corrected chi connectivity index (χ2v) is 23.9. The minimum atomic E-state index is -4.70. The normalized spacial score (nSPS) is 14.1. The molecule has 0 aliphatic rings. The van der Waals surface area contributed by atoms with Crippen LogP contribution in [0.4, 0.5) is 0 Å². The predicted molar refractivity (Wildman–Crippen MR) is 321 cm³/mol. The Hall–Kier alpha value is -2.29. The third-order valence-corrected chi connectivity index (χ3v) is 14.9. The smallest absolute Gasteiger partial charge is 0.306 e. The summed E-state index contributed by atoms with van der Waals surface area (Å²) in [6.07, 6.45) is 69.1. The molecule has 0 saturated carbocycles. The lowest BCUT2D eigenvalue weighted by molar-refractivity contribution is -0.870. The number of allylic oxidation sites excluding steroid dienone is 9. The molecule has 0 saturated heterocycles. The van der Waals surface area contributed by atoms with E-state index >= 15 is 0 Å². The summed E-state index contributed by atoms with van der Waals surface area (Å²) in [4.78, 5) is 40.0. The lowest BCUT2D eigenvalue weighted by atomic mass is 10.0. The van der Waals surface area contributed by atoms with Gasteiger partial charge in [-0.2, -0.15) is 0 Å². The predicted octanol–water partition coefficient (Wildman–Crippen LogP) is 18.8. The van der Waals surface area contributed by atoms with Crippen molar-refractivity contribution in [2.45, 2.75) is 303 Å². The zero-order valence-corrected chi connectivity index (χ0v) is 50.9. The van der Waals surface area contributed by atoms with Crippen LogP contribution in [0.25, 0.3) is 0 Å². The van der Waals surface area contributed by atoms with Crippen molar-refractivity contribution in [2.24, 2.45) is 0 Å². The molecule has 0 heterocycles. The molecule has 1 N–H and O–H groups in total. The van der Waals surface area contributed by atoms with E-state index in [1.54, 1.807) is 0 Å². The minimum Gasteiger partial charge on any atom is -0.756 e. The van der Waals surface area contributed by atoms with Gasteiger partial charge in [0.25, 0.3) is 7.82 Å². The highest BCUT2D eigenvalue weighted by Gasteiger charge is 2.27. The number of carbonyl (C=O) groups is 2. The summed E-state index contributed by atoms with van der Waals surface area (Å²) in [5.74, 6) is -0.561. The van der Waals surface area contributed by atoms with Crippen LogP contribution in [0.3, 0.4) is 0 Å². The second-order valence-electron chi connectivity index (χ2n) is 22.5. The number of rotatable bonds is 57. The number of esters is 1. The lowest BCUT2D eigenvalue weighted by Crippen LogP contribution is -2.47. The van der Waals surface area contributed by atoms with E-state index < -0.39 is 26.6 Å². The number of likely N-dealkylation sites (N-methyl/N-ethyl adjacent to an activating group) is 1. The van der Waals surface area contributed by atoms with E-state index in [0.29, 0.717) is 23.9 Å². The average molecular weight is 1070 g/mol. The summed E-state index contributed by atoms with van der Waals surface area (Å²) >= 11 is 0. The Morgan fingerprint density at radius 1 is 0.480 bits per heavy atom. The van der Waals surface area contributed by atoms with Gasteiger partial charge in [-0.1, -0.05) is 249 Å². The van der Waals surface area contributed by atoms with E-state index in [1.807, 2.05) is 33.3 Å². The van der Waals surface area contributed by atoms with Crippen molar-refractivity contribution >= 4 is 19.7 Å². The van der Waals surface area contributed by atoms with Crippen LogP contribution in [-0.4, -0.2) is 69.4 Å². The molecular formula is C65H121N2O7P. The number of phosphoric ester groups is 1. The first-order valence-electron chi connectivity index (χ1n) is 31.6. The van der Waals surface area contributed by atoms with E-state index in [4.69, 9.17) is 13.8 Å². The topological polar surface area (TPSA) is 114 Å². The number of nitrogens with one attached hydrogen (secondary N) is 1. The quantitative estimate of drug-likeness (QED) is 0.0212. The molecule has 3 unspecified atom stereocenters. The van der Waals surface area contributed by atoms with E-state index in [9.17, 15) is 19.0 Å². The molecule has 0 bridgehead atoms. The van der Waals surface area contributed by atoms with Crippen LogP contribution in [0.15, 0.2) is 60.8 Å². The molecule has 10 heteroatoms. The summed E-state index contributed by atoms with van der Waals surface area (Å²) in [5.41, 5.74) is 0. The summed E-state index contributed by atoms with van der Waals surface area (Å²) in [7, 11) is 1.17. The van der Waals surface area contributed by atoms with E-state index in [1.165, 1.54) is 167 Å². The third-order valence-electron chi connectivity index (χ3n) is 13.9. The highest BCUT2D eigenvalue weighted by atomic mass is 31.2. The number of quaternary nitrogens is 1.